The van der Waals surface area contributed by atoms with Crippen molar-refractivity contribution < 1.29 is 9.53 Å². The minimum absolute atomic E-state index is 0.00354. The Labute approximate surface area is 115 Å². The Morgan fingerprint density at radius 3 is 2.61 bits per heavy atom. The third-order valence-electron chi connectivity index (χ3n) is 2.93. The predicted octanol–water partition coefficient (Wildman–Crippen LogP) is 2.28. The number of benzene rings is 1. The number of morpholine rings is 1. The van der Waals surface area contributed by atoms with Crippen LogP contribution in [0.4, 0.5) is 5.69 Å². The molecule has 2 rings (SSSR count). The van der Waals surface area contributed by atoms with Gasteiger partial charge in [0.25, 0.3) is 5.91 Å². The Balaban J connectivity index is 2.22. The molecule has 0 aromatic heterocycles. The Morgan fingerprint density at radius 2 is 2.00 bits per heavy atom. The number of amides is 1. The summed E-state index contributed by atoms with van der Waals surface area (Å²) >= 11 is 3.39. The van der Waals surface area contributed by atoms with E-state index in [1.807, 2.05) is 18.7 Å². The number of halogens is 1. The minimum Gasteiger partial charge on any atom is -0.399 e. The van der Waals surface area contributed by atoms with E-state index in [1.54, 1.807) is 18.2 Å². The van der Waals surface area contributed by atoms with Crippen molar-refractivity contribution >= 4 is 27.5 Å². The molecule has 0 spiro atoms. The fraction of sp³-hybridized carbons (Fsp3) is 0.462. The van der Waals surface area contributed by atoms with Gasteiger partial charge in [-0.3, -0.25) is 4.79 Å². The van der Waals surface area contributed by atoms with E-state index in [1.165, 1.54) is 0 Å². The fourth-order valence-electron chi connectivity index (χ4n) is 2.22. The minimum atomic E-state index is -0.00354. The molecule has 2 atom stereocenters. The molecule has 1 amide bonds. The fourth-order valence-corrected chi connectivity index (χ4v) is 2.64. The SMILES string of the molecule is CC1CN(C(=O)c2cc(N)ccc2Br)CC(C)O1. The van der Waals surface area contributed by atoms with Gasteiger partial charge in [-0.25, -0.2) is 0 Å². The molecule has 4 nitrogen and oxygen atoms in total. The molecule has 0 radical (unpaired) electrons. The summed E-state index contributed by atoms with van der Waals surface area (Å²) in [5.41, 5.74) is 6.93. The van der Waals surface area contributed by atoms with Gasteiger partial charge in [-0.2, -0.15) is 0 Å². The molecule has 0 aliphatic carbocycles. The number of nitrogens with zero attached hydrogens (tertiary/aromatic N) is 1. The van der Waals surface area contributed by atoms with Crippen LogP contribution in [0.5, 0.6) is 0 Å². The van der Waals surface area contributed by atoms with E-state index >= 15 is 0 Å². The molecule has 18 heavy (non-hydrogen) atoms. The third kappa shape index (κ3) is 2.84. The molecule has 2 unspecified atom stereocenters. The van der Waals surface area contributed by atoms with Crippen LogP contribution in [0.15, 0.2) is 22.7 Å². The van der Waals surface area contributed by atoms with Gasteiger partial charge in [-0.05, 0) is 48.0 Å². The summed E-state index contributed by atoms with van der Waals surface area (Å²) in [6.07, 6.45) is 0.134. The lowest BCUT2D eigenvalue weighted by molar-refractivity contribution is -0.0586. The number of ether oxygens (including phenoxy) is 1. The highest BCUT2D eigenvalue weighted by molar-refractivity contribution is 9.10. The van der Waals surface area contributed by atoms with Crippen LogP contribution in [0.25, 0.3) is 0 Å². The van der Waals surface area contributed by atoms with Crippen LogP contribution < -0.4 is 5.73 Å². The molecule has 0 saturated carbocycles. The molecule has 1 aromatic rings. The van der Waals surface area contributed by atoms with Crippen LogP contribution in [0.2, 0.25) is 0 Å². The van der Waals surface area contributed by atoms with Crippen LogP contribution in [0.1, 0.15) is 24.2 Å². The van der Waals surface area contributed by atoms with Gasteiger partial charge in [-0.1, -0.05) is 0 Å². The first-order chi connectivity index (χ1) is 8.47. The van der Waals surface area contributed by atoms with Gasteiger partial charge >= 0.3 is 0 Å². The zero-order valence-electron chi connectivity index (χ0n) is 10.5. The van der Waals surface area contributed by atoms with Crippen molar-refractivity contribution in [3.63, 3.8) is 0 Å². The lowest BCUT2D eigenvalue weighted by atomic mass is 10.1. The molecule has 1 fully saturated rings. The van der Waals surface area contributed by atoms with Crippen molar-refractivity contribution in [2.24, 2.45) is 0 Å². The maximum Gasteiger partial charge on any atom is 0.255 e. The lowest BCUT2D eigenvalue weighted by Crippen LogP contribution is -2.48. The average Bonchev–Trinajstić information content (AvgIpc) is 2.30. The molecule has 1 aliphatic rings. The Kier molecular flexibility index (Phi) is 3.92. The van der Waals surface area contributed by atoms with Crippen LogP contribution in [0, 0.1) is 0 Å². The van der Waals surface area contributed by atoms with Gasteiger partial charge in [0.05, 0.1) is 17.8 Å². The predicted molar refractivity (Wildman–Crippen MR) is 74.5 cm³/mol. The third-order valence-corrected chi connectivity index (χ3v) is 3.62. The lowest BCUT2D eigenvalue weighted by Gasteiger charge is -2.35. The molecule has 1 heterocycles. The first kappa shape index (κ1) is 13.4. The second kappa shape index (κ2) is 5.28. The van der Waals surface area contributed by atoms with Crippen LogP contribution in [-0.4, -0.2) is 36.1 Å². The number of rotatable bonds is 1. The molecular weight excluding hydrogens is 296 g/mol. The molecular formula is C13H17BrN2O2. The average molecular weight is 313 g/mol. The Bertz CT molecular complexity index is 454. The summed E-state index contributed by atoms with van der Waals surface area (Å²) in [6.45, 7) is 5.18. The van der Waals surface area contributed by atoms with Gasteiger partial charge in [0, 0.05) is 23.2 Å². The maximum absolute atomic E-state index is 12.4. The Hall–Kier alpha value is -1.07. The van der Waals surface area contributed by atoms with Gasteiger partial charge in [-0.15, -0.1) is 0 Å². The van der Waals surface area contributed by atoms with Gasteiger partial charge in [0.15, 0.2) is 0 Å². The molecule has 5 heteroatoms. The molecule has 0 bridgehead atoms. The number of nitrogen functional groups attached to an aromatic ring is 1. The first-order valence-electron chi connectivity index (χ1n) is 5.97. The smallest absolute Gasteiger partial charge is 0.255 e. The van der Waals surface area contributed by atoms with E-state index in [9.17, 15) is 4.79 Å². The molecule has 1 aliphatic heterocycles. The molecule has 1 saturated heterocycles. The molecule has 1 aromatic carbocycles. The summed E-state index contributed by atoms with van der Waals surface area (Å²) in [7, 11) is 0. The van der Waals surface area contributed by atoms with E-state index in [-0.39, 0.29) is 18.1 Å². The largest absolute Gasteiger partial charge is 0.399 e. The zero-order valence-corrected chi connectivity index (χ0v) is 12.1. The van der Waals surface area contributed by atoms with E-state index in [2.05, 4.69) is 15.9 Å². The summed E-state index contributed by atoms with van der Waals surface area (Å²) in [5.74, 6) is -0.00354. The standard InChI is InChI=1S/C13H17BrN2O2/c1-8-6-16(7-9(2)18-8)13(17)11-5-10(15)3-4-12(11)14/h3-5,8-9H,6-7,15H2,1-2H3. The normalized spacial score (nSPS) is 24.1. The van der Waals surface area contributed by atoms with Gasteiger partial charge in [0.2, 0.25) is 0 Å². The number of hydrogen-bond acceptors (Lipinski definition) is 3. The summed E-state index contributed by atoms with van der Waals surface area (Å²) in [6, 6.07) is 5.28. The van der Waals surface area contributed by atoms with Crippen LogP contribution in [0.3, 0.4) is 0 Å². The van der Waals surface area contributed by atoms with E-state index in [0.29, 0.717) is 24.3 Å². The zero-order chi connectivity index (χ0) is 13.3. The quantitative estimate of drug-likeness (QED) is 0.809. The van der Waals surface area contributed by atoms with Crippen molar-refractivity contribution in [2.75, 3.05) is 18.8 Å². The number of nitrogens with two attached hydrogens (primary N) is 1. The highest BCUT2D eigenvalue weighted by Crippen LogP contribution is 2.23. The van der Waals surface area contributed by atoms with Crippen LogP contribution in [-0.2, 0) is 4.74 Å². The topological polar surface area (TPSA) is 55.6 Å². The first-order valence-corrected chi connectivity index (χ1v) is 6.76. The number of carbonyl (C=O) groups is 1. The van der Waals surface area contributed by atoms with Crippen molar-refractivity contribution in [1.82, 2.24) is 4.90 Å². The van der Waals surface area contributed by atoms with Crippen LogP contribution >= 0.6 is 15.9 Å². The van der Waals surface area contributed by atoms with Crippen molar-refractivity contribution in [1.29, 1.82) is 0 Å². The molecule has 2 N–H and O–H groups in total. The highest BCUT2D eigenvalue weighted by atomic mass is 79.9. The molecule has 98 valence electrons. The summed E-state index contributed by atoms with van der Waals surface area (Å²) < 4.78 is 6.40. The monoisotopic (exact) mass is 312 g/mol. The van der Waals surface area contributed by atoms with Crippen molar-refractivity contribution in [3.05, 3.63) is 28.2 Å². The van der Waals surface area contributed by atoms with Gasteiger partial charge in [0.1, 0.15) is 0 Å². The Morgan fingerprint density at radius 1 is 1.39 bits per heavy atom. The number of anilines is 1. The summed E-state index contributed by atoms with van der Waals surface area (Å²) in [5, 5.41) is 0. The maximum atomic E-state index is 12.4. The van der Waals surface area contributed by atoms with E-state index in [4.69, 9.17) is 10.5 Å². The van der Waals surface area contributed by atoms with Crippen molar-refractivity contribution in [2.45, 2.75) is 26.1 Å². The van der Waals surface area contributed by atoms with E-state index < -0.39 is 0 Å². The second-order valence-electron chi connectivity index (χ2n) is 4.71. The summed E-state index contributed by atoms with van der Waals surface area (Å²) in [4.78, 5) is 14.3. The number of carbonyl (C=O) groups excluding carboxylic acids is 1. The number of hydrogen-bond donors (Lipinski definition) is 1. The highest BCUT2D eigenvalue weighted by Gasteiger charge is 2.27. The second-order valence-corrected chi connectivity index (χ2v) is 5.56. The van der Waals surface area contributed by atoms with Gasteiger partial charge < -0.3 is 15.4 Å². The van der Waals surface area contributed by atoms with E-state index in [0.717, 1.165) is 4.47 Å². The van der Waals surface area contributed by atoms with Crippen molar-refractivity contribution in [3.8, 4) is 0 Å².